The molecule has 1 atom stereocenters. The van der Waals surface area contributed by atoms with Crippen LogP contribution in [-0.4, -0.2) is 17.3 Å². The van der Waals surface area contributed by atoms with Crippen LogP contribution in [0.15, 0.2) is 0 Å². The third-order valence-electron chi connectivity index (χ3n) is 1.33. The van der Waals surface area contributed by atoms with E-state index in [1.807, 2.05) is 6.92 Å². The van der Waals surface area contributed by atoms with Crippen LogP contribution in [0.2, 0.25) is 0 Å². The normalized spacial score (nSPS) is 14.1. The molecule has 1 amide bonds. The highest BCUT2D eigenvalue weighted by atomic mass is 79.9. The minimum atomic E-state index is 0.0795. The number of hydrogen-bond acceptors (Lipinski definition) is 1. The standard InChI is InChI=1S/C9H18BrNO/c1-7(6-10)11-8(12)5-9(2,3)4/h7H,5-6H2,1-4H3,(H,11,12). The van der Waals surface area contributed by atoms with Gasteiger partial charge >= 0.3 is 0 Å². The lowest BCUT2D eigenvalue weighted by Gasteiger charge is -2.19. The lowest BCUT2D eigenvalue weighted by molar-refractivity contribution is -0.123. The fourth-order valence-corrected chi connectivity index (χ4v) is 1.01. The third kappa shape index (κ3) is 6.65. The number of amides is 1. The van der Waals surface area contributed by atoms with Gasteiger partial charge in [0.25, 0.3) is 0 Å². The van der Waals surface area contributed by atoms with Gasteiger partial charge in [-0.25, -0.2) is 0 Å². The van der Waals surface area contributed by atoms with Crippen LogP contribution in [0.4, 0.5) is 0 Å². The highest BCUT2D eigenvalue weighted by molar-refractivity contribution is 9.09. The van der Waals surface area contributed by atoms with Crippen molar-refractivity contribution in [2.75, 3.05) is 5.33 Å². The highest BCUT2D eigenvalue weighted by Gasteiger charge is 2.16. The first-order valence-electron chi connectivity index (χ1n) is 4.20. The fourth-order valence-electron chi connectivity index (χ4n) is 0.846. The molecule has 2 nitrogen and oxygen atoms in total. The molecule has 0 aromatic carbocycles. The van der Waals surface area contributed by atoms with Crippen LogP contribution < -0.4 is 5.32 Å². The highest BCUT2D eigenvalue weighted by Crippen LogP contribution is 2.17. The number of nitrogens with one attached hydrogen (secondary N) is 1. The first kappa shape index (κ1) is 11.9. The number of alkyl halides is 1. The quantitative estimate of drug-likeness (QED) is 0.748. The molecule has 0 radical (unpaired) electrons. The van der Waals surface area contributed by atoms with Crippen molar-refractivity contribution in [3.63, 3.8) is 0 Å². The molecule has 0 aliphatic carbocycles. The SMILES string of the molecule is CC(CBr)NC(=O)CC(C)(C)C. The van der Waals surface area contributed by atoms with Gasteiger partial charge in [-0.1, -0.05) is 36.7 Å². The predicted molar refractivity (Wildman–Crippen MR) is 55.5 cm³/mol. The summed E-state index contributed by atoms with van der Waals surface area (Å²) in [5.41, 5.74) is 0.0795. The second kappa shape index (κ2) is 4.85. The van der Waals surface area contributed by atoms with Crippen molar-refractivity contribution in [1.82, 2.24) is 5.32 Å². The van der Waals surface area contributed by atoms with Crippen LogP contribution in [0.5, 0.6) is 0 Å². The Hall–Kier alpha value is -0.0500. The van der Waals surface area contributed by atoms with E-state index < -0.39 is 0 Å². The summed E-state index contributed by atoms with van der Waals surface area (Å²) in [5.74, 6) is 0.134. The second-order valence-electron chi connectivity index (χ2n) is 4.36. The number of rotatable bonds is 3. The van der Waals surface area contributed by atoms with Gasteiger partial charge in [0.15, 0.2) is 0 Å². The monoisotopic (exact) mass is 235 g/mol. The second-order valence-corrected chi connectivity index (χ2v) is 5.01. The van der Waals surface area contributed by atoms with Gasteiger partial charge in [0, 0.05) is 17.8 Å². The predicted octanol–water partition coefficient (Wildman–Crippen LogP) is 2.32. The van der Waals surface area contributed by atoms with Gasteiger partial charge in [0.2, 0.25) is 5.91 Å². The van der Waals surface area contributed by atoms with Gasteiger partial charge in [0.1, 0.15) is 0 Å². The molecule has 0 saturated carbocycles. The lowest BCUT2D eigenvalue weighted by Crippen LogP contribution is -2.35. The Bertz CT molecular complexity index is 151. The zero-order valence-electron chi connectivity index (χ0n) is 8.28. The molecule has 0 bridgehead atoms. The van der Waals surface area contributed by atoms with Crippen LogP contribution in [0.3, 0.4) is 0 Å². The zero-order valence-corrected chi connectivity index (χ0v) is 9.86. The molecule has 1 unspecified atom stereocenters. The minimum Gasteiger partial charge on any atom is -0.353 e. The Balaban J connectivity index is 3.75. The summed E-state index contributed by atoms with van der Waals surface area (Å²) in [7, 11) is 0. The molecule has 0 aliphatic rings. The Labute approximate surface area is 83.2 Å². The molecule has 0 aromatic rings. The third-order valence-corrected chi connectivity index (χ3v) is 2.30. The van der Waals surface area contributed by atoms with E-state index in [0.29, 0.717) is 6.42 Å². The van der Waals surface area contributed by atoms with Crippen molar-refractivity contribution in [3.05, 3.63) is 0 Å². The van der Waals surface area contributed by atoms with Crippen molar-refractivity contribution in [2.45, 2.75) is 40.2 Å². The molecule has 0 aliphatic heterocycles. The van der Waals surface area contributed by atoms with Crippen molar-refractivity contribution in [3.8, 4) is 0 Å². The summed E-state index contributed by atoms with van der Waals surface area (Å²) >= 11 is 3.31. The van der Waals surface area contributed by atoms with E-state index in [1.165, 1.54) is 0 Å². The molecule has 1 N–H and O–H groups in total. The topological polar surface area (TPSA) is 29.1 Å². The first-order chi connectivity index (χ1) is 5.35. The number of carbonyl (C=O) groups excluding carboxylic acids is 1. The van der Waals surface area contributed by atoms with E-state index >= 15 is 0 Å². The molecular formula is C9H18BrNO. The molecule has 72 valence electrons. The van der Waals surface area contributed by atoms with E-state index in [9.17, 15) is 4.79 Å². The zero-order chi connectivity index (χ0) is 9.78. The number of hydrogen-bond donors (Lipinski definition) is 1. The Morgan fingerprint density at radius 3 is 2.33 bits per heavy atom. The van der Waals surface area contributed by atoms with Gasteiger partial charge in [-0.15, -0.1) is 0 Å². The molecule has 3 heteroatoms. The first-order valence-corrected chi connectivity index (χ1v) is 5.32. The van der Waals surface area contributed by atoms with Crippen LogP contribution in [-0.2, 0) is 4.79 Å². The van der Waals surface area contributed by atoms with Gasteiger partial charge in [-0.05, 0) is 12.3 Å². The number of carbonyl (C=O) groups is 1. The summed E-state index contributed by atoms with van der Waals surface area (Å²) in [6.07, 6.45) is 0.588. The van der Waals surface area contributed by atoms with E-state index in [4.69, 9.17) is 0 Å². The van der Waals surface area contributed by atoms with Crippen LogP contribution in [0.1, 0.15) is 34.1 Å². The fraction of sp³-hybridized carbons (Fsp3) is 0.889. The van der Waals surface area contributed by atoms with Gasteiger partial charge in [0.05, 0.1) is 0 Å². The van der Waals surface area contributed by atoms with E-state index in [0.717, 1.165) is 5.33 Å². The lowest BCUT2D eigenvalue weighted by atomic mass is 9.92. The van der Waals surface area contributed by atoms with E-state index in [2.05, 4.69) is 42.0 Å². The van der Waals surface area contributed by atoms with Gasteiger partial charge in [-0.2, -0.15) is 0 Å². The van der Waals surface area contributed by atoms with E-state index in [1.54, 1.807) is 0 Å². The van der Waals surface area contributed by atoms with E-state index in [-0.39, 0.29) is 17.4 Å². The summed E-state index contributed by atoms with van der Waals surface area (Å²) in [6.45, 7) is 8.16. The Morgan fingerprint density at radius 2 is 2.00 bits per heavy atom. The Morgan fingerprint density at radius 1 is 1.50 bits per heavy atom. The summed E-state index contributed by atoms with van der Waals surface area (Å²) in [6, 6.07) is 0.222. The molecule has 0 aromatic heterocycles. The maximum Gasteiger partial charge on any atom is 0.220 e. The smallest absolute Gasteiger partial charge is 0.220 e. The van der Waals surface area contributed by atoms with Crippen molar-refractivity contribution in [1.29, 1.82) is 0 Å². The maximum absolute atomic E-state index is 11.3. The molecule has 0 spiro atoms. The summed E-state index contributed by atoms with van der Waals surface area (Å²) in [4.78, 5) is 11.3. The molecule has 0 rings (SSSR count). The molecular weight excluding hydrogens is 218 g/mol. The van der Waals surface area contributed by atoms with Crippen molar-refractivity contribution >= 4 is 21.8 Å². The van der Waals surface area contributed by atoms with Crippen LogP contribution in [0, 0.1) is 5.41 Å². The van der Waals surface area contributed by atoms with Crippen molar-refractivity contribution in [2.24, 2.45) is 5.41 Å². The van der Waals surface area contributed by atoms with Gasteiger partial charge in [-0.3, -0.25) is 4.79 Å². The summed E-state index contributed by atoms with van der Waals surface area (Å²) < 4.78 is 0. The summed E-state index contributed by atoms with van der Waals surface area (Å²) in [5, 5.41) is 3.71. The van der Waals surface area contributed by atoms with Crippen LogP contribution in [0.25, 0.3) is 0 Å². The van der Waals surface area contributed by atoms with Gasteiger partial charge < -0.3 is 5.32 Å². The average Bonchev–Trinajstić information content (AvgIpc) is 1.82. The molecule has 12 heavy (non-hydrogen) atoms. The molecule has 0 fully saturated rings. The van der Waals surface area contributed by atoms with Crippen molar-refractivity contribution < 1.29 is 4.79 Å². The average molecular weight is 236 g/mol. The molecule has 0 heterocycles. The number of halogens is 1. The largest absolute Gasteiger partial charge is 0.353 e. The minimum absolute atomic E-state index is 0.0795. The van der Waals surface area contributed by atoms with Crippen LogP contribution >= 0.6 is 15.9 Å². The Kier molecular flexibility index (Phi) is 4.83. The maximum atomic E-state index is 11.3. The molecule has 0 saturated heterocycles.